The van der Waals surface area contributed by atoms with Crippen LogP contribution in [0, 0.1) is 0 Å². The molecule has 0 saturated carbocycles. The van der Waals surface area contributed by atoms with Gasteiger partial charge in [-0.15, -0.1) is 0 Å². The van der Waals surface area contributed by atoms with Gasteiger partial charge in [-0.05, 0) is 24.1 Å². The van der Waals surface area contributed by atoms with E-state index in [1.165, 1.54) is 5.56 Å². The van der Waals surface area contributed by atoms with Gasteiger partial charge in [0.25, 0.3) is 0 Å². The second-order valence-corrected chi connectivity index (χ2v) is 5.59. The normalized spacial score (nSPS) is 18.2. The summed E-state index contributed by atoms with van der Waals surface area (Å²) in [6.07, 6.45) is 6.25. The van der Waals surface area contributed by atoms with Gasteiger partial charge in [-0.3, -0.25) is 4.90 Å². The van der Waals surface area contributed by atoms with Crippen molar-refractivity contribution >= 4 is 0 Å². The molecule has 0 aliphatic carbocycles. The van der Waals surface area contributed by atoms with Crippen LogP contribution in [0.25, 0.3) is 0 Å². The number of nitrogens with two attached hydrogens (primary N) is 1. The van der Waals surface area contributed by atoms with E-state index in [4.69, 9.17) is 5.73 Å². The molecule has 23 heavy (non-hydrogen) atoms. The van der Waals surface area contributed by atoms with Crippen LogP contribution < -0.4 is 5.73 Å². The Labute approximate surface area is 140 Å². The van der Waals surface area contributed by atoms with E-state index in [1.807, 2.05) is 44.2 Å². The fourth-order valence-corrected chi connectivity index (χ4v) is 2.98. The van der Waals surface area contributed by atoms with Crippen molar-refractivity contribution in [2.75, 3.05) is 19.6 Å². The number of hydrogen-bond donors (Lipinski definition) is 2. The number of likely N-dealkylation sites (tertiary alicyclic amines) is 1. The zero-order chi connectivity index (χ0) is 17.3. The first-order valence-electron chi connectivity index (χ1n) is 8.30. The first-order chi connectivity index (χ1) is 11.1. The number of allylic oxidation sites excluding steroid dienone is 2. The van der Waals surface area contributed by atoms with Gasteiger partial charge in [-0.1, -0.05) is 75.6 Å². The molecule has 1 aliphatic rings. The smallest absolute Gasteiger partial charge is 0.0912 e. The van der Waals surface area contributed by atoms with Gasteiger partial charge >= 0.3 is 0 Å². The van der Waals surface area contributed by atoms with E-state index in [0.29, 0.717) is 26.1 Å². The summed E-state index contributed by atoms with van der Waals surface area (Å²) in [5, 5.41) is 10.4. The maximum Gasteiger partial charge on any atom is 0.0912 e. The molecule has 0 radical (unpaired) electrons. The quantitative estimate of drug-likeness (QED) is 0.758. The minimum absolute atomic E-state index is 0.0970. The highest BCUT2D eigenvalue weighted by Crippen LogP contribution is 2.37. The molecule has 1 aromatic carbocycles. The van der Waals surface area contributed by atoms with E-state index < -0.39 is 5.60 Å². The summed E-state index contributed by atoms with van der Waals surface area (Å²) in [5.74, 6) is 0. The van der Waals surface area contributed by atoms with Crippen molar-refractivity contribution in [2.45, 2.75) is 31.9 Å². The van der Waals surface area contributed by atoms with Crippen LogP contribution in [0.2, 0.25) is 0 Å². The second-order valence-electron chi connectivity index (χ2n) is 5.59. The lowest BCUT2D eigenvalue weighted by atomic mass is 9.85. The number of β-amino-alcohol motifs (C(OH)–C–C–N with tert-alkyl or cyclic N) is 1. The van der Waals surface area contributed by atoms with Crippen molar-refractivity contribution in [3.05, 3.63) is 72.9 Å². The molecule has 1 aliphatic heterocycles. The van der Waals surface area contributed by atoms with Crippen molar-refractivity contribution in [3.63, 3.8) is 0 Å². The zero-order valence-electron chi connectivity index (χ0n) is 14.4. The highest BCUT2D eigenvalue weighted by Gasteiger charge is 2.44. The highest BCUT2D eigenvalue weighted by atomic mass is 16.3. The fraction of sp³-hybridized carbons (Fsp3) is 0.400. The summed E-state index contributed by atoms with van der Waals surface area (Å²) >= 11 is 0. The molecule has 1 aromatic rings. The molecule has 1 heterocycles. The minimum atomic E-state index is -0.651. The number of benzene rings is 1. The van der Waals surface area contributed by atoms with Crippen molar-refractivity contribution in [1.82, 2.24) is 4.90 Å². The van der Waals surface area contributed by atoms with E-state index in [2.05, 4.69) is 30.2 Å². The third-order valence-electron chi connectivity index (χ3n) is 3.95. The van der Waals surface area contributed by atoms with Crippen LogP contribution in [0.5, 0.6) is 0 Å². The molecule has 0 amide bonds. The van der Waals surface area contributed by atoms with Crippen LogP contribution in [-0.2, 0) is 0 Å². The van der Waals surface area contributed by atoms with Gasteiger partial charge < -0.3 is 10.8 Å². The molecule has 1 unspecified atom stereocenters. The number of rotatable bonds is 7. The average Bonchev–Trinajstić information content (AvgIpc) is 2.56. The molecule has 3 nitrogen and oxygen atoms in total. The van der Waals surface area contributed by atoms with Crippen molar-refractivity contribution in [2.24, 2.45) is 5.73 Å². The largest absolute Gasteiger partial charge is 0.387 e. The standard InChI is InChI=1S/C18H24N2O.C2H6/c1-3-8-15(4-2)17(16-9-6-5-7-10-16)20-13-18(21,14-20)11-12-19;1-2/h3-10,17,21H,1-2,11-14,19H2;1-2H3/b15-8+;. The minimum Gasteiger partial charge on any atom is -0.387 e. The lowest BCUT2D eigenvalue weighted by Gasteiger charge is -2.50. The first-order valence-corrected chi connectivity index (χ1v) is 8.30. The number of nitrogens with zero attached hydrogens (tertiary/aromatic N) is 1. The lowest BCUT2D eigenvalue weighted by Crippen LogP contribution is -2.63. The molecular formula is C20H30N2O. The van der Waals surface area contributed by atoms with Gasteiger partial charge in [0.15, 0.2) is 0 Å². The third kappa shape index (κ3) is 4.90. The Hall–Kier alpha value is -1.68. The molecule has 0 aromatic heterocycles. The second kappa shape index (κ2) is 9.46. The van der Waals surface area contributed by atoms with E-state index in [0.717, 1.165) is 5.57 Å². The molecule has 1 atom stereocenters. The molecule has 3 heteroatoms. The molecule has 3 N–H and O–H groups in total. The van der Waals surface area contributed by atoms with Gasteiger partial charge in [0, 0.05) is 13.1 Å². The van der Waals surface area contributed by atoms with E-state index >= 15 is 0 Å². The van der Waals surface area contributed by atoms with Crippen LogP contribution in [0.3, 0.4) is 0 Å². The van der Waals surface area contributed by atoms with Crippen molar-refractivity contribution < 1.29 is 5.11 Å². The van der Waals surface area contributed by atoms with E-state index in [-0.39, 0.29) is 6.04 Å². The molecule has 0 bridgehead atoms. The SMILES string of the molecule is C=C/C=C(\C=C)C(c1ccccc1)N1CC(O)(CCN)C1.CC. The molecular weight excluding hydrogens is 284 g/mol. The predicted octanol–water partition coefficient (Wildman–Crippen LogP) is 3.45. The van der Waals surface area contributed by atoms with Gasteiger partial charge in [0.1, 0.15) is 0 Å². The van der Waals surface area contributed by atoms with Gasteiger partial charge in [0.05, 0.1) is 11.6 Å². The predicted molar refractivity (Wildman–Crippen MR) is 99.2 cm³/mol. The molecule has 1 saturated heterocycles. The number of hydrogen-bond acceptors (Lipinski definition) is 3. The maximum absolute atomic E-state index is 10.4. The molecule has 1 fully saturated rings. The Bertz CT molecular complexity index is 516. The molecule has 0 spiro atoms. The number of aliphatic hydroxyl groups is 1. The average molecular weight is 314 g/mol. The van der Waals surface area contributed by atoms with Crippen LogP contribution in [0.4, 0.5) is 0 Å². The van der Waals surface area contributed by atoms with E-state index in [1.54, 1.807) is 6.08 Å². The Morgan fingerprint density at radius 1 is 1.30 bits per heavy atom. The Morgan fingerprint density at radius 3 is 2.39 bits per heavy atom. The zero-order valence-corrected chi connectivity index (χ0v) is 14.4. The Morgan fingerprint density at radius 2 is 1.91 bits per heavy atom. The van der Waals surface area contributed by atoms with Gasteiger partial charge in [-0.2, -0.15) is 0 Å². The summed E-state index contributed by atoms with van der Waals surface area (Å²) in [5.41, 5.74) is 7.20. The summed E-state index contributed by atoms with van der Waals surface area (Å²) in [6, 6.07) is 10.4. The first kappa shape index (κ1) is 19.4. The molecule has 126 valence electrons. The van der Waals surface area contributed by atoms with Crippen LogP contribution in [0.15, 0.2) is 67.3 Å². The lowest BCUT2D eigenvalue weighted by molar-refractivity contribution is -0.113. The van der Waals surface area contributed by atoms with E-state index in [9.17, 15) is 5.11 Å². The fourth-order valence-electron chi connectivity index (χ4n) is 2.98. The van der Waals surface area contributed by atoms with Crippen molar-refractivity contribution in [3.8, 4) is 0 Å². The topological polar surface area (TPSA) is 49.5 Å². The maximum atomic E-state index is 10.4. The monoisotopic (exact) mass is 314 g/mol. The molecule has 2 rings (SSSR count). The Balaban J connectivity index is 0.00000127. The highest BCUT2D eigenvalue weighted by molar-refractivity contribution is 5.36. The van der Waals surface area contributed by atoms with Crippen LogP contribution >= 0.6 is 0 Å². The Kier molecular flexibility index (Phi) is 7.96. The van der Waals surface area contributed by atoms with Crippen molar-refractivity contribution in [1.29, 1.82) is 0 Å². The van der Waals surface area contributed by atoms with Crippen LogP contribution in [0.1, 0.15) is 31.9 Å². The summed E-state index contributed by atoms with van der Waals surface area (Å²) < 4.78 is 0. The summed E-state index contributed by atoms with van der Waals surface area (Å²) in [6.45, 7) is 13.5. The summed E-state index contributed by atoms with van der Waals surface area (Å²) in [4.78, 5) is 2.25. The third-order valence-corrected chi connectivity index (χ3v) is 3.95. The van der Waals surface area contributed by atoms with Gasteiger partial charge in [0.2, 0.25) is 0 Å². The van der Waals surface area contributed by atoms with Crippen LogP contribution in [-0.4, -0.2) is 35.2 Å². The van der Waals surface area contributed by atoms with Gasteiger partial charge in [-0.25, -0.2) is 0 Å². The summed E-state index contributed by atoms with van der Waals surface area (Å²) in [7, 11) is 0.